The standard InChI is InChI=1S/C13H18ClN3O2/c1-13(2,11(15)16-19)12(18)17(3)8-9-4-6-10(14)7-5-9/h4-7,19H,8H2,1-3H3,(H2,15,16). The fraction of sp³-hybridized carbons (Fsp3) is 0.385. The molecule has 104 valence electrons. The Hall–Kier alpha value is -1.75. The Kier molecular flexibility index (Phi) is 4.78. The SMILES string of the molecule is CN(Cc1ccc(Cl)cc1)C(=O)C(C)(C)C(N)=NO. The van der Waals surface area contributed by atoms with E-state index in [4.69, 9.17) is 22.5 Å². The molecule has 0 spiro atoms. The van der Waals surface area contributed by atoms with Crippen LogP contribution >= 0.6 is 11.6 Å². The van der Waals surface area contributed by atoms with Crippen molar-refractivity contribution in [3.63, 3.8) is 0 Å². The summed E-state index contributed by atoms with van der Waals surface area (Å²) in [6, 6.07) is 7.24. The third-order valence-corrected chi connectivity index (χ3v) is 3.21. The number of nitrogens with two attached hydrogens (primary N) is 1. The van der Waals surface area contributed by atoms with Gasteiger partial charge in [-0.3, -0.25) is 4.79 Å². The van der Waals surface area contributed by atoms with Crippen molar-refractivity contribution in [1.82, 2.24) is 4.90 Å². The molecular weight excluding hydrogens is 266 g/mol. The summed E-state index contributed by atoms with van der Waals surface area (Å²) in [7, 11) is 1.67. The van der Waals surface area contributed by atoms with E-state index in [2.05, 4.69) is 5.16 Å². The van der Waals surface area contributed by atoms with E-state index in [0.717, 1.165) is 5.56 Å². The number of hydrogen-bond donors (Lipinski definition) is 2. The van der Waals surface area contributed by atoms with E-state index < -0.39 is 5.41 Å². The molecule has 3 N–H and O–H groups in total. The molecular formula is C13H18ClN3O2. The minimum Gasteiger partial charge on any atom is -0.409 e. The number of amides is 1. The van der Waals surface area contributed by atoms with Crippen molar-refractivity contribution >= 4 is 23.3 Å². The van der Waals surface area contributed by atoms with Crippen LogP contribution in [0.25, 0.3) is 0 Å². The molecule has 0 aliphatic heterocycles. The van der Waals surface area contributed by atoms with Crippen molar-refractivity contribution in [1.29, 1.82) is 0 Å². The highest BCUT2D eigenvalue weighted by molar-refractivity contribution is 6.30. The zero-order chi connectivity index (χ0) is 14.6. The summed E-state index contributed by atoms with van der Waals surface area (Å²) >= 11 is 5.80. The molecule has 0 aliphatic rings. The maximum atomic E-state index is 12.3. The predicted molar refractivity (Wildman–Crippen MR) is 75.1 cm³/mol. The number of amidine groups is 1. The van der Waals surface area contributed by atoms with E-state index >= 15 is 0 Å². The van der Waals surface area contributed by atoms with Gasteiger partial charge in [0.05, 0.1) is 0 Å². The van der Waals surface area contributed by atoms with Gasteiger partial charge in [-0.1, -0.05) is 28.9 Å². The minimum atomic E-state index is -1.05. The van der Waals surface area contributed by atoms with Crippen LogP contribution in [0.2, 0.25) is 5.02 Å². The number of oxime groups is 1. The molecule has 0 atom stereocenters. The lowest BCUT2D eigenvalue weighted by Gasteiger charge is -2.28. The monoisotopic (exact) mass is 283 g/mol. The summed E-state index contributed by atoms with van der Waals surface area (Å²) < 4.78 is 0. The molecule has 0 radical (unpaired) electrons. The number of carbonyl (C=O) groups is 1. The fourth-order valence-corrected chi connectivity index (χ4v) is 1.77. The number of benzene rings is 1. The van der Waals surface area contributed by atoms with Crippen molar-refractivity contribution in [2.45, 2.75) is 20.4 Å². The quantitative estimate of drug-likeness (QED) is 0.384. The highest BCUT2D eigenvalue weighted by Gasteiger charge is 2.35. The van der Waals surface area contributed by atoms with Gasteiger partial charge in [0.2, 0.25) is 5.91 Å². The maximum absolute atomic E-state index is 12.3. The summed E-state index contributed by atoms with van der Waals surface area (Å²) in [6.07, 6.45) is 0. The maximum Gasteiger partial charge on any atom is 0.235 e. The first-order valence-electron chi connectivity index (χ1n) is 5.77. The first kappa shape index (κ1) is 15.3. The van der Waals surface area contributed by atoms with Crippen molar-refractivity contribution in [3.8, 4) is 0 Å². The summed E-state index contributed by atoms with van der Waals surface area (Å²) in [5.41, 5.74) is 5.45. The minimum absolute atomic E-state index is 0.111. The van der Waals surface area contributed by atoms with Crippen LogP contribution in [-0.4, -0.2) is 28.9 Å². The molecule has 0 aliphatic carbocycles. The Morgan fingerprint density at radius 1 is 1.42 bits per heavy atom. The van der Waals surface area contributed by atoms with Gasteiger partial charge in [0.1, 0.15) is 5.41 Å². The van der Waals surface area contributed by atoms with Gasteiger partial charge in [-0.15, -0.1) is 0 Å². The molecule has 0 bridgehead atoms. The molecule has 5 nitrogen and oxygen atoms in total. The van der Waals surface area contributed by atoms with Crippen LogP contribution in [-0.2, 0) is 11.3 Å². The van der Waals surface area contributed by atoms with Crippen molar-refractivity contribution in [2.24, 2.45) is 16.3 Å². The number of hydrogen-bond acceptors (Lipinski definition) is 3. The van der Waals surface area contributed by atoms with Gasteiger partial charge >= 0.3 is 0 Å². The third kappa shape index (κ3) is 3.61. The summed E-state index contributed by atoms with van der Waals surface area (Å²) in [5.74, 6) is -0.335. The average Bonchev–Trinajstić information content (AvgIpc) is 2.39. The lowest BCUT2D eigenvalue weighted by atomic mass is 9.90. The number of nitrogens with zero attached hydrogens (tertiary/aromatic N) is 2. The van der Waals surface area contributed by atoms with Crippen LogP contribution in [0.5, 0.6) is 0 Å². The van der Waals surface area contributed by atoms with E-state index in [-0.39, 0.29) is 11.7 Å². The molecule has 0 heterocycles. The van der Waals surface area contributed by atoms with Crippen LogP contribution in [0, 0.1) is 5.41 Å². The van der Waals surface area contributed by atoms with Crippen LogP contribution in [0.1, 0.15) is 19.4 Å². The second kappa shape index (κ2) is 5.93. The molecule has 1 amide bonds. The molecule has 0 unspecified atom stereocenters. The number of halogens is 1. The number of carbonyl (C=O) groups excluding carboxylic acids is 1. The molecule has 1 aromatic rings. The Bertz CT molecular complexity index is 483. The third-order valence-electron chi connectivity index (χ3n) is 2.96. The Labute approximate surface area is 117 Å². The van der Waals surface area contributed by atoms with Gasteiger partial charge in [-0.05, 0) is 31.5 Å². The fourth-order valence-electron chi connectivity index (χ4n) is 1.65. The van der Waals surface area contributed by atoms with Crippen LogP contribution < -0.4 is 5.73 Å². The topological polar surface area (TPSA) is 78.9 Å². The summed E-state index contributed by atoms with van der Waals surface area (Å²) in [5, 5.41) is 12.3. The molecule has 1 aromatic carbocycles. The molecule has 19 heavy (non-hydrogen) atoms. The van der Waals surface area contributed by atoms with E-state index in [1.54, 1.807) is 33.0 Å². The van der Waals surface area contributed by atoms with E-state index in [1.165, 1.54) is 4.90 Å². The van der Waals surface area contributed by atoms with E-state index in [0.29, 0.717) is 11.6 Å². The Morgan fingerprint density at radius 3 is 2.42 bits per heavy atom. The van der Waals surface area contributed by atoms with Crippen molar-refractivity contribution < 1.29 is 10.0 Å². The van der Waals surface area contributed by atoms with Gasteiger partial charge in [0, 0.05) is 18.6 Å². The van der Waals surface area contributed by atoms with Gasteiger partial charge < -0.3 is 15.8 Å². The molecule has 6 heteroatoms. The Morgan fingerprint density at radius 2 is 1.95 bits per heavy atom. The molecule has 0 aromatic heterocycles. The van der Waals surface area contributed by atoms with Gasteiger partial charge in [-0.25, -0.2) is 0 Å². The van der Waals surface area contributed by atoms with Gasteiger partial charge in [0.15, 0.2) is 5.84 Å². The highest BCUT2D eigenvalue weighted by atomic mass is 35.5. The normalized spacial score (nSPS) is 12.3. The number of rotatable bonds is 4. The second-order valence-electron chi connectivity index (χ2n) is 4.90. The smallest absolute Gasteiger partial charge is 0.235 e. The molecule has 0 fully saturated rings. The first-order chi connectivity index (χ1) is 8.78. The molecule has 1 rings (SSSR count). The highest BCUT2D eigenvalue weighted by Crippen LogP contribution is 2.20. The first-order valence-corrected chi connectivity index (χ1v) is 6.15. The van der Waals surface area contributed by atoms with Crippen molar-refractivity contribution in [2.75, 3.05) is 7.05 Å². The van der Waals surface area contributed by atoms with Crippen LogP contribution in [0.4, 0.5) is 0 Å². The average molecular weight is 284 g/mol. The van der Waals surface area contributed by atoms with Gasteiger partial charge in [-0.2, -0.15) is 0 Å². The van der Waals surface area contributed by atoms with E-state index in [9.17, 15) is 4.79 Å². The largest absolute Gasteiger partial charge is 0.409 e. The summed E-state index contributed by atoms with van der Waals surface area (Å²) in [6.45, 7) is 3.66. The second-order valence-corrected chi connectivity index (χ2v) is 5.33. The van der Waals surface area contributed by atoms with E-state index in [1.807, 2.05) is 12.1 Å². The lowest BCUT2D eigenvalue weighted by molar-refractivity contribution is -0.136. The van der Waals surface area contributed by atoms with Crippen molar-refractivity contribution in [3.05, 3.63) is 34.9 Å². The summed E-state index contributed by atoms with van der Waals surface area (Å²) in [4.78, 5) is 13.8. The predicted octanol–water partition coefficient (Wildman–Crippen LogP) is 2.07. The Balaban J connectivity index is 2.81. The molecule has 0 saturated carbocycles. The van der Waals surface area contributed by atoms with Crippen LogP contribution in [0.3, 0.4) is 0 Å². The van der Waals surface area contributed by atoms with Gasteiger partial charge in [0.25, 0.3) is 0 Å². The lowest BCUT2D eigenvalue weighted by Crippen LogP contribution is -2.46. The van der Waals surface area contributed by atoms with Crippen LogP contribution in [0.15, 0.2) is 29.4 Å². The zero-order valence-electron chi connectivity index (χ0n) is 11.2. The molecule has 0 saturated heterocycles. The zero-order valence-corrected chi connectivity index (χ0v) is 12.0.